The number of aliphatic hydroxyl groups is 1. The van der Waals surface area contributed by atoms with E-state index in [1.807, 2.05) is 36.4 Å². The second-order valence-corrected chi connectivity index (χ2v) is 8.46. The van der Waals surface area contributed by atoms with Gasteiger partial charge in [0.05, 0.1) is 17.6 Å². The highest BCUT2D eigenvalue weighted by Crippen LogP contribution is 2.18. The van der Waals surface area contributed by atoms with Crippen LogP contribution in [0.2, 0.25) is 0 Å². The van der Waals surface area contributed by atoms with Crippen molar-refractivity contribution < 1.29 is 18.3 Å². The SMILES string of the molecule is O=S(=O)(Nc1cccc(/C=C/C(O)CCCOc2ccccc2)c1)c1ccccc1. The van der Waals surface area contributed by atoms with E-state index in [0.29, 0.717) is 18.7 Å². The Morgan fingerprint density at radius 3 is 2.37 bits per heavy atom. The van der Waals surface area contributed by atoms with Gasteiger partial charge in [-0.2, -0.15) is 0 Å². The first-order valence-electron chi connectivity index (χ1n) is 9.75. The fourth-order valence-electron chi connectivity index (χ4n) is 2.84. The highest BCUT2D eigenvalue weighted by atomic mass is 32.2. The summed E-state index contributed by atoms with van der Waals surface area (Å²) in [5, 5.41) is 10.2. The maximum atomic E-state index is 12.4. The Morgan fingerprint density at radius 1 is 0.933 bits per heavy atom. The first kappa shape index (κ1) is 21.6. The lowest BCUT2D eigenvalue weighted by Gasteiger charge is -2.09. The van der Waals surface area contributed by atoms with Gasteiger partial charge < -0.3 is 9.84 Å². The lowest BCUT2D eigenvalue weighted by Crippen LogP contribution is -2.12. The molecule has 0 saturated carbocycles. The first-order valence-corrected chi connectivity index (χ1v) is 11.2. The number of hydrogen-bond donors (Lipinski definition) is 2. The molecule has 3 rings (SSSR count). The van der Waals surface area contributed by atoms with Gasteiger partial charge in [0.25, 0.3) is 10.0 Å². The zero-order valence-corrected chi connectivity index (χ0v) is 17.3. The van der Waals surface area contributed by atoms with E-state index in [0.717, 1.165) is 17.7 Å². The van der Waals surface area contributed by atoms with Crippen LogP contribution >= 0.6 is 0 Å². The van der Waals surface area contributed by atoms with Gasteiger partial charge in [-0.3, -0.25) is 4.72 Å². The van der Waals surface area contributed by atoms with E-state index in [-0.39, 0.29) is 4.90 Å². The Hall–Kier alpha value is -3.09. The third kappa shape index (κ3) is 6.76. The molecule has 156 valence electrons. The van der Waals surface area contributed by atoms with Gasteiger partial charge in [0, 0.05) is 5.69 Å². The molecule has 0 fully saturated rings. The number of ether oxygens (including phenoxy) is 1. The molecule has 3 aromatic rings. The van der Waals surface area contributed by atoms with Crippen LogP contribution in [0.25, 0.3) is 6.08 Å². The van der Waals surface area contributed by atoms with Crippen molar-refractivity contribution in [2.45, 2.75) is 23.8 Å². The number of sulfonamides is 1. The van der Waals surface area contributed by atoms with Crippen LogP contribution in [-0.4, -0.2) is 26.2 Å². The largest absolute Gasteiger partial charge is 0.494 e. The topological polar surface area (TPSA) is 75.6 Å². The van der Waals surface area contributed by atoms with Gasteiger partial charge in [-0.15, -0.1) is 0 Å². The summed E-state index contributed by atoms with van der Waals surface area (Å²) in [6.07, 6.45) is 4.17. The van der Waals surface area contributed by atoms with Crippen molar-refractivity contribution in [2.75, 3.05) is 11.3 Å². The highest BCUT2D eigenvalue weighted by Gasteiger charge is 2.13. The molecular weight excluding hydrogens is 398 g/mol. The monoisotopic (exact) mass is 423 g/mol. The Morgan fingerprint density at radius 2 is 1.63 bits per heavy atom. The number of anilines is 1. The summed E-state index contributed by atoms with van der Waals surface area (Å²) in [7, 11) is -3.64. The van der Waals surface area contributed by atoms with Crippen molar-refractivity contribution in [2.24, 2.45) is 0 Å². The maximum Gasteiger partial charge on any atom is 0.261 e. The quantitative estimate of drug-likeness (QED) is 0.463. The summed E-state index contributed by atoms with van der Waals surface area (Å²) in [5.74, 6) is 0.817. The van der Waals surface area contributed by atoms with Crippen LogP contribution in [0, 0.1) is 0 Å². The Labute approximate surface area is 177 Å². The molecule has 0 spiro atoms. The smallest absolute Gasteiger partial charge is 0.261 e. The van der Waals surface area contributed by atoms with Gasteiger partial charge in [-0.05, 0) is 54.8 Å². The van der Waals surface area contributed by atoms with E-state index in [4.69, 9.17) is 4.74 Å². The molecule has 0 bridgehead atoms. The second-order valence-electron chi connectivity index (χ2n) is 6.77. The van der Waals surface area contributed by atoms with Crippen LogP contribution in [0.1, 0.15) is 18.4 Å². The van der Waals surface area contributed by atoms with Crippen molar-refractivity contribution in [3.8, 4) is 5.75 Å². The molecule has 0 saturated heterocycles. The minimum Gasteiger partial charge on any atom is -0.494 e. The normalized spacial score (nSPS) is 12.6. The summed E-state index contributed by atoms with van der Waals surface area (Å²) in [6.45, 7) is 0.533. The van der Waals surface area contributed by atoms with E-state index in [1.165, 1.54) is 0 Å². The molecule has 0 aliphatic heterocycles. The van der Waals surface area contributed by atoms with Crippen molar-refractivity contribution in [1.82, 2.24) is 0 Å². The molecule has 1 atom stereocenters. The predicted octanol–water partition coefficient (Wildman–Crippen LogP) is 4.72. The molecule has 0 aromatic heterocycles. The number of nitrogens with one attached hydrogen (secondary N) is 1. The molecule has 0 aliphatic carbocycles. The van der Waals surface area contributed by atoms with E-state index in [1.54, 1.807) is 60.7 Å². The van der Waals surface area contributed by atoms with Gasteiger partial charge in [-0.25, -0.2) is 8.42 Å². The number of aliphatic hydroxyl groups excluding tert-OH is 1. The molecule has 0 radical (unpaired) electrons. The molecule has 0 amide bonds. The number of rotatable bonds is 10. The van der Waals surface area contributed by atoms with Crippen molar-refractivity contribution in [1.29, 1.82) is 0 Å². The zero-order valence-electron chi connectivity index (χ0n) is 16.5. The molecule has 5 nitrogen and oxygen atoms in total. The predicted molar refractivity (Wildman–Crippen MR) is 120 cm³/mol. The average Bonchev–Trinajstić information content (AvgIpc) is 2.77. The van der Waals surface area contributed by atoms with Crippen LogP contribution in [0.15, 0.2) is 95.9 Å². The average molecular weight is 424 g/mol. The molecular formula is C24H25NO4S. The Balaban J connectivity index is 1.51. The van der Waals surface area contributed by atoms with Gasteiger partial charge in [-0.1, -0.05) is 60.7 Å². The first-order chi connectivity index (χ1) is 14.5. The fraction of sp³-hybridized carbons (Fsp3) is 0.167. The molecule has 2 N–H and O–H groups in total. The second kappa shape index (κ2) is 10.6. The standard InChI is InChI=1S/C24H25NO4S/c26-22(11-8-18-29-23-12-3-1-4-13-23)17-16-20-9-7-10-21(19-20)25-30(27,28)24-14-5-2-6-15-24/h1-7,9-10,12-17,19,22,25-26H,8,11,18H2/b17-16+. The Bertz CT molecular complexity index is 1050. The van der Waals surface area contributed by atoms with Crippen molar-refractivity contribution in [3.63, 3.8) is 0 Å². The summed E-state index contributed by atoms with van der Waals surface area (Å²) < 4.78 is 33.1. The third-order valence-corrected chi connectivity index (χ3v) is 5.76. The van der Waals surface area contributed by atoms with Crippen LogP contribution in [0.3, 0.4) is 0 Å². The zero-order chi connectivity index (χ0) is 21.2. The van der Waals surface area contributed by atoms with Gasteiger partial charge in [0.15, 0.2) is 0 Å². The minimum absolute atomic E-state index is 0.207. The Kier molecular flexibility index (Phi) is 7.65. The van der Waals surface area contributed by atoms with Gasteiger partial charge in [0.1, 0.15) is 5.75 Å². The molecule has 3 aromatic carbocycles. The molecule has 0 heterocycles. The lowest BCUT2D eigenvalue weighted by molar-refractivity contribution is 0.196. The highest BCUT2D eigenvalue weighted by molar-refractivity contribution is 7.92. The van der Waals surface area contributed by atoms with Crippen LogP contribution < -0.4 is 9.46 Å². The molecule has 0 aliphatic rings. The third-order valence-electron chi connectivity index (χ3n) is 4.36. The van der Waals surface area contributed by atoms with E-state index >= 15 is 0 Å². The summed E-state index contributed by atoms with van der Waals surface area (Å²) in [5.41, 5.74) is 1.26. The number of benzene rings is 3. The number of para-hydroxylation sites is 1. The molecule has 6 heteroatoms. The van der Waals surface area contributed by atoms with E-state index in [9.17, 15) is 13.5 Å². The summed E-state index contributed by atoms with van der Waals surface area (Å²) in [4.78, 5) is 0.207. The van der Waals surface area contributed by atoms with Gasteiger partial charge >= 0.3 is 0 Å². The van der Waals surface area contributed by atoms with Crippen molar-refractivity contribution in [3.05, 3.63) is 96.6 Å². The fourth-order valence-corrected chi connectivity index (χ4v) is 3.91. The van der Waals surface area contributed by atoms with Crippen LogP contribution in [-0.2, 0) is 10.0 Å². The summed E-state index contributed by atoms with van der Waals surface area (Å²) in [6, 6.07) is 24.8. The number of hydrogen-bond acceptors (Lipinski definition) is 4. The van der Waals surface area contributed by atoms with Crippen LogP contribution in [0.5, 0.6) is 5.75 Å². The molecule has 30 heavy (non-hydrogen) atoms. The molecule has 1 unspecified atom stereocenters. The van der Waals surface area contributed by atoms with E-state index < -0.39 is 16.1 Å². The minimum atomic E-state index is -3.64. The lowest BCUT2D eigenvalue weighted by atomic mass is 10.1. The van der Waals surface area contributed by atoms with E-state index in [2.05, 4.69) is 4.72 Å². The maximum absolute atomic E-state index is 12.4. The van der Waals surface area contributed by atoms with Crippen molar-refractivity contribution >= 4 is 21.8 Å². The van der Waals surface area contributed by atoms with Crippen LogP contribution in [0.4, 0.5) is 5.69 Å². The summed E-state index contributed by atoms with van der Waals surface area (Å²) >= 11 is 0. The van der Waals surface area contributed by atoms with Gasteiger partial charge in [0.2, 0.25) is 0 Å².